The van der Waals surface area contributed by atoms with Gasteiger partial charge in [-0.1, -0.05) is 0 Å². The van der Waals surface area contributed by atoms with Gasteiger partial charge in [0.15, 0.2) is 0 Å². The number of aromatic nitrogens is 2. The second-order valence-corrected chi connectivity index (χ2v) is 3.80. The fourth-order valence-corrected chi connectivity index (χ4v) is 1.14. The normalized spacial score (nSPS) is 14.4. The van der Waals surface area contributed by atoms with Crippen LogP contribution in [-0.4, -0.2) is 38.3 Å². The molecule has 0 spiro atoms. The van der Waals surface area contributed by atoms with Crippen molar-refractivity contribution in [3.05, 3.63) is 23.8 Å². The highest BCUT2D eigenvalue weighted by atomic mass is 16.4. The van der Waals surface area contributed by atoms with Gasteiger partial charge < -0.3 is 15.9 Å². The van der Waals surface area contributed by atoms with E-state index in [0.29, 0.717) is 12.2 Å². The number of carbonyl (C=O) groups is 1. The van der Waals surface area contributed by atoms with E-state index in [-0.39, 0.29) is 6.42 Å². The number of carboxylic acids is 1. The summed E-state index contributed by atoms with van der Waals surface area (Å²) in [7, 11) is 0. The van der Waals surface area contributed by atoms with E-state index in [9.17, 15) is 4.79 Å². The number of hydrogen-bond acceptors (Lipinski definition) is 5. The summed E-state index contributed by atoms with van der Waals surface area (Å²) in [5, 5.41) is 17.8. The van der Waals surface area contributed by atoms with Crippen LogP contribution in [0.5, 0.6) is 0 Å². The average Bonchev–Trinajstić information content (AvgIpc) is 2.27. The van der Waals surface area contributed by atoms with Crippen LogP contribution >= 0.6 is 0 Å². The molecule has 6 nitrogen and oxygen atoms in total. The van der Waals surface area contributed by atoms with E-state index in [4.69, 9.17) is 15.9 Å². The maximum Gasteiger partial charge on any atom is 0.326 e. The van der Waals surface area contributed by atoms with Crippen LogP contribution in [0, 0.1) is 6.92 Å². The number of hydrogen-bond donors (Lipinski definition) is 3. The number of nitrogens with two attached hydrogens (primary N) is 1. The van der Waals surface area contributed by atoms with Gasteiger partial charge in [0, 0.05) is 18.8 Å². The lowest BCUT2D eigenvalue weighted by molar-refractivity contribution is -0.145. The van der Waals surface area contributed by atoms with E-state index >= 15 is 0 Å². The molecule has 1 unspecified atom stereocenters. The van der Waals surface area contributed by atoms with Crippen molar-refractivity contribution in [3.8, 4) is 0 Å². The second-order valence-electron chi connectivity index (χ2n) is 3.80. The molecule has 0 aliphatic heterocycles. The molecule has 88 valence electrons. The summed E-state index contributed by atoms with van der Waals surface area (Å²) in [6.07, 6.45) is 3.73. The largest absolute Gasteiger partial charge is 0.480 e. The highest BCUT2D eigenvalue weighted by Gasteiger charge is 2.32. The summed E-state index contributed by atoms with van der Waals surface area (Å²) in [5.74, 6) is -0.697. The number of aliphatic hydroxyl groups excluding tert-OH is 1. The summed E-state index contributed by atoms with van der Waals surface area (Å²) in [6, 6.07) is 0. The second kappa shape index (κ2) is 5.00. The molecule has 0 aliphatic rings. The van der Waals surface area contributed by atoms with Crippen LogP contribution in [0.25, 0.3) is 0 Å². The molecule has 0 aliphatic carbocycles. The van der Waals surface area contributed by atoms with Gasteiger partial charge in [-0.2, -0.15) is 0 Å². The van der Waals surface area contributed by atoms with Gasteiger partial charge in [-0.05, 0) is 18.9 Å². The minimum atomic E-state index is -1.62. The fourth-order valence-electron chi connectivity index (χ4n) is 1.14. The van der Waals surface area contributed by atoms with Crippen molar-refractivity contribution in [1.82, 2.24) is 9.97 Å². The fraction of sp³-hybridized carbons (Fsp3) is 0.500. The molecule has 0 fully saturated rings. The third kappa shape index (κ3) is 2.98. The topological polar surface area (TPSA) is 109 Å². The Bertz CT molecular complexity index is 366. The van der Waals surface area contributed by atoms with Crippen molar-refractivity contribution >= 4 is 5.97 Å². The van der Waals surface area contributed by atoms with Crippen molar-refractivity contribution in [1.29, 1.82) is 0 Å². The van der Waals surface area contributed by atoms with Gasteiger partial charge >= 0.3 is 5.97 Å². The third-order valence-electron chi connectivity index (χ3n) is 2.34. The van der Waals surface area contributed by atoms with Gasteiger partial charge in [-0.25, -0.2) is 9.97 Å². The summed E-state index contributed by atoms with van der Waals surface area (Å²) in [6.45, 7) is 1.26. The quantitative estimate of drug-likeness (QED) is 0.622. The van der Waals surface area contributed by atoms with E-state index in [1.165, 1.54) is 0 Å². The Labute approximate surface area is 93.2 Å². The zero-order valence-electron chi connectivity index (χ0n) is 9.05. The first kappa shape index (κ1) is 12.5. The standard InChI is InChI=1S/C10H15N3O3/c1-7-4-12-8(13-5-7)2-3-10(11,6-14)9(15)16/h4-5,14H,2-3,6,11H2,1H3,(H,15,16). The molecule has 0 radical (unpaired) electrons. The van der Waals surface area contributed by atoms with E-state index in [1.54, 1.807) is 12.4 Å². The highest BCUT2D eigenvalue weighted by Crippen LogP contribution is 2.09. The van der Waals surface area contributed by atoms with Crippen molar-refractivity contribution in [2.45, 2.75) is 25.3 Å². The Kier molecular flexibility index (Phi) is 3.92. The van der Waals surface area contributed by atoms with Crippen LogP contribution in [-0.2, 0) is 11.2 Å². The molecule has 0 amide bonds. The number of rotatable bonds is 5. The minimum Gasteiger partial charge on any atom is -0.480 e. The lowest BCUT2D eigenvalue weighted by atomic mass is 9.96. The molecular weight excluding hydrogens is 210 g/mol. The van der Waals surface area contributed by atoms with Crippen molar-refractivity contribution in [3.63, 3.8) is 0 Å². The molecule has 1 aromatic rings. The first-order valence-electron chi connectivity index (χ1n) is 4.88. The summed E-state index contributed by atoms with van der Waals surface area (Å²) < 4.78 is 0. The Balaban J connectivity index is 2.63. The van der Waals surface area contributed by atoms with Crippen LogP contribution in [0.1, 0.15) is 17.8 Å². The number of carboxylic acid groups (broad SMARTS) is 1. The molecule has 1 rings (SSSR count). The Morgan fingerprint density at radius 2 is 2.06 bits per heavy atom. The number of aliphatic hydroxyl groups is 1. The van der Waals surface area contributed by atoms with Gasteiger partial charge in [-0.15, -0.1) is 0 Å². The maximum atomic E-state index is 10.8. The molecule has 6 heteroatoms. The molecular formula is C10H15N3O3. The third-order valence-corrected chi connectivity index (χ3v) is 2.34. The SMILES string of the molecule is Cc1cnc(CCC(N)(CO)C(=O)O)nc1. The summed E-state index contributed by atoms with van der Waals surface area (Å²) >= 11 is 0. The predicted octanol–water partition coefficient (Wildman–Crippen LogP) is -0.508. The lowest BCUT2D eigenvalue weighted by Gasteiger charge is -2.21. The lowest BCUT2D eigenvalue weighted by Crippen LogP contribution is -2.51. The van der Waals surface area contributed by atoms with Gasteiger partial charge in [0.25, 0.3) is 0 Å². The van der Waals surface area contributed by atoms with E-state index < -0.39 is 18.1 Å². The molecule has 4 N–H and O–H groups in total. The first-order chi connectivity index (χ1) is 7.48. The van der Waals surface area contributed by atoms with Gasteiger partial charge in [-0.3, -0.25) is 4.79 Å². The Morgan fingerprint density at radius 1 is 1.50 bits per heavy atom. The minimum absolute atomic E-state index is 0.0991. The monoisotopic (exact) mass is 225 g/mol. The zero-order chi connectivity index (χ0) is 12.2. The first-order valence-corrected chi connectivity index (χ1v) is 4.88. The highest BCUT2D eigenvalue weighted by molar-refractivity contribution is 5.78. The molecule has 0 aromatic carbocycles. The van der Waals surface area contributed by atoms with E-state index in [1.807, 2.05) is 6.92 Å². The predicted molar refractivity (Wildman–Crippen MR) is 56.7 cm³/mol. The van der Waals surface area contributed by atoms with Crippen molar-refractivity contribution in [2.24, 2.45) is 5.73 Å². The summed E-state index contributed by atoms with van der Waals surface area (Å²) in [4.78, 5) is 18.9. The van der Waals surface area contributed by atoms with E-state index in [2.05, 4.69) is 9.97 Å². The van der Waals surface area contributed by atoms with E-state index in [0.717, 1.165) is 5.56 Å². The number of aliphatic carboxylic acids is 1. The van der Waals surface area contributed by atoms with Gasteiger partial charge in [0.05, 0.1) is 6.61 Å². The van der Waals surface area contributed by atoms with Crippen LogP contribution < -0.4 is 5.73 Å². The van der Waals surface area contributed by atoms with Crippen molar-refractivity contribution < 1.29 is 15.0 Å². The van der Waals surface area contributed by atoms with Crippen LogP contribution in [0.15, 0.2) is 12.4 Å². The smallest absolute Gasteiger partial charge is 0.326 e. The molecule has 1 atom stereocenters. The zero-order valence-corrected chi connectivity index (χ0v) is 9.05. The molecule has 16 heavy (non-hydrogen) atoms. The molecule has 1 aromatic heterocycles. The van der Waals surface area contributed by atoms with Crippen LogP contribution in [0.2, 0.25) is 0 Å². The Hall–Kier alpha value is -1.53. The van der Waals surface area contributed by atoms with Crippen LogP contribution in [0.4, 0.5) is 0 Å². The molecule has 1 heterocycles. The van der Waals surface area contributed by atoms with Gasteiger partial charge in [0.2, 0.25) is 0 Å². The molecule has 0 bridgehead atoms. The molecule has 0 saturated carbocycles. The average molecular weight is 225 g/mol. The number of nitrogens with zero attached hydrogens (tertiary/aromatic N) is 2. The van der Waals surface area contributed by atoms with Gasteiger partial charge in [0.1, 0.15) is 11.4 Å². The Morgan fingerprint density at radius 3 is 2.50 bits per heavy atom. The number of aryl methyl sites for hydroxylation is 2. The van der Waals surface area contributed by atoms with Crippen molar-refractivity contribution in [2.75, 3.05) is 6.61 Å². The van der Waals surface area contributed by atoms with Crippen LogP contribution in [0.3, 0.4) is 0 Å². The molecule has 0 saturated heterocycles. The maximum absolute atomic E-state index is 10.8. The summed E-state index contributed by atoms with van der Waals surface area (Å²) in [5.41, 5.74) is 4.83.